The minimum absolute atomic E-state index is 0.116. The molecule has 10 heteroatoms. The fourth-order valence-corrected chi connectivity index (χ4v) is 3.51. The maximum atomic E-state index is 13.0. The van der Waals surface area contributed by atoms with Crippen molar-refractivity contribution < 1.29 is 27.4 Å². The molecule has 0 aliphatic carbocycles. The molecule has 0 radical (unpaired) electrons. The van der Waals surface area contributed by atoms with Gasteiger partial charge in [-0.1, -0.05) is 41.9 Å². The van der Waals surface area contributed by atoms with Gasteiger partial charge in [0.05, 0.1) is 29.6 Å². The van der Waals surface area contributed by atoms with Crippen LogP contribution >= 0.6 is 11.6 Å². The Hall–Kier alpha value is -3.98. The second-order valence-electron chi connectivity index (χ2n) is 7.43. The van der Waals surface area contributed by atoms with Crippen LogP contribution in [0.15, 0.2) is 72.9 Å². The van der Waals surface area contributed by atoms with Crippen LogP contribution in [0, 0.1) is 0 Å². The molecule has 0 aliphatic rings. The quantitative estimate of drug-likeness (QED) is 0.299. The fraction of sp³-hybridized carbons (Fsp3) is 0.120. The summed E-state index contributed by atoms with van der Waals surface area (Å²) >= 11 is 6.37. The topological polar surface area (TPSA) is 76.2 Å². The highest BCUT2D eigenvalue weighted by atomic mass is 35.5. The van der Waals surface area contributed by atoms with E-state index in [1.807, 2.05) is 30.3 Å². The molecule has 6 nitrogen and oxygen atoms in total. The predicted octanol–water partition coefficient (Wildman–Crippen LogP) is 6.60. The zero-order valence-electron chi connectivity index (χ0n) is 18.3. The van der Waals surface area contributed by atoms with Gasteiger partial charge in [0.2, 0.25) is 0 Å². The number of amides is 1. The molecule has 35 heavy (non-hydrogen) atoms. The summed E-state index contributed by atoms with van der Waals surface area (Å²) in [7, 11) is 1.38. The standard InChI is InChI=1S/C25H19ClF3N3O3/c1-34-17-8-10-22(35-14-25(27,28)29)19(12-17)24(33)31-16-7-9-20(26)18(11-16)23-30-13-21(32-23)15-5-3-2-4-6-15/h2-13H,14H2,1H3,(H,30,32)(H,31,33). The molecule has 0 fully saturated rings. The molecule has 4 aromatic rings. The predicted molar refractivity (Wildman–Crippen MR) is 127 cm³/mol. The first kappa shape index (κ1) is 24.2. The van der Waals surface area contributed by atoms with Crippen LogP contribution in [0.3, 0.4) is 0 Å². The SMILES string of the molecule is COc1ccc(OCC(F)(F)F)c(C(=O)Nc2ccc(Cl)c(-c3ncc(-c4ccccc4)[nH]3)c2)c1. The number of anilines is 1. The molecule has 1 heterocycles. The van der Waals surface area contributed by atoms with Crippen molar-refractivity contribution in [3.05, 3.63) is 83.5 Å². The van der Waals surface area contributed by atoms with Gasteiger partial charge in [0.1, 0.15) is 17.3 Å². The molecule has 1 aromatic heterocycles. The van der Waals surface area contributed by atoms with E-state index in [0.717, 1.165) is 11.3 Å². The number of imidazole rings is 1. The lowest BCUT2D eigenvalue weighted by molar-refractivity contribution is -0.153. The second-order valence-corrected chi connectivity index (χ2v) is 7.83. The van der Waals surface area contributed by atoms with E-state index in [9.17, 15) is 18.0 Å². The van der Waals surface area contributed by atoms with E-state index in [4.69, 9.17) is 21.1 Å². The molecule has 0 saturated carbocycles. The molecule has 0 aliphatic heterocycles. The molecule has 4 rings (SSSR count). The van der Waals surface area contributed by atoms with Crippen LogP contribution in [0.4, 0.5) is 18.9 Å². The molecule has 180 valence electrons. The number of H-pyrrole nitrogens is 1. The Morgan fingerprint density at radius 1 is 1.09 bits per heavy atom. The van der Waals surface area contributed by atoms with Gasteiger partial charge in [-0.2, -0.15) is 13.2 Å². The summed E-state index contributed by atoms with van der Waals surface area (Å²) in [5.41, 5.74) is 2.50. The summed E-state index contributed by atoms with van der Waals surface area (Å²) in [4.78, 5) is 20.6. The maximum absolute atomic E-state index is 13.0. The number of alkyl halides is 3. The van der Waals surface area contributed by atoms with Crippen LogP contribution in [-0.4, -0.2) is 35.8 Å². The number of nitrogens with one attached hydrogen (secondary N) is 2. The minimum atomic E-state index is -4.56. The number of nitrogens with zero attached hydrogens (tertiary/aromatic N) is 1. The highest BCUT2D eigenvalue weighted by Crippen LogP contribution is 2.32. The Bertz CT molecular complexity index is 1340. The van der Waals surface area contributed by atoms with Gasteiger partial charge in [0.15, 0.2) is 6.61 Å². The van der Waals surface area contributed by atoms with Crippen molar-refractivity contribution in [3.8, 4) is 34.1 Å². The number of ether oxygens (including phenoxy) is 2. The Labute approximate surface area is 203 Å². The summed E-state index contributed by atoms with van der Waals surface area (Å²) in [6, 6.07) is 18.3. The largest absolute Gasteiger partial charge is 0.497 e. The third kappa shape index (κ3) is 5.93. The molecule has 0 saturated heterocycles. The first-order valence-corrected chi connectivity index (χ1v) is 10.7. The van der Waals surface area contributed by atoms with E-state index >= 15 is 0 Å². The minimum Gasteiger partial charge on any atom is -0.497 e. The highest BCUT2D eigenvalue weighted by Gasteiger charge is 2.29. The molecule has 1 amide bonds. The summed E-state index contributed by atoms with van der Waals surface area (Å²) in [5, 5.41) is 3.06. The lowest BCUT2D eigenvalue weighted by atomic mass is 10.1. The van der Waals surface area contributed by atoms with E-state index < -0.39 is 18.7 Å². The van der Waals surface area contributed by atoms with Gasteiger partial charge >= 0.3 is 6.18 Å². The van der Waals surface area contributed by atoms with Crippen LogP contribution < -0.4 is 14.8 Å². The van der Waals surface area contributed by atoms with E-state index in [1.165, 1.54) is 25.3 Å². The van der Waals surface area contributed by atoms with Crippen molar-refractivity contribution in [3.63, 3.8) is 0 Å². The Morgan fingerprint density at radius 3 is 2.57 bits per heavy atom. The average Bonchev–Trinajstić information content (AvgIpc) is 3.34. The number of carbonyl (C=O) groups excluding carboxylic acids is 1. The monoisotopic (exact) mass is 501 g/mol. The highest BCUT2D eigenvalue weighted by molar-refractivity contribution is 6.33. The van der Waals surface area contributed by atoms with E-state index in [1.54, 1.807) is 24.4 Å². The van der Waals surface area contributed by atoms with Gasteiger partial charge in [-0.3, -0.25) is 4.79 Å². The van der Waals surface area contributed by atoms with Crippen molar-refractivity contribution in [2.45, 2.75) is 6.18 Å². The number of rotatable bonds is 7. The Morgan fingerprint density at radius 2 is 1.86 bits per heavy atom. The van der Waals surface area contributed by atoms with Gasteiger partial charge < -0.3 is 19.8 Å². The first-order chi connectivity index (χ1) is 16.7. The van der Waals surface area contributed by atoms with E-state index in [-0.39, 0.29) is 17.1 Å². The number of halogens is 4. The zero-order chi connectivity index (χ0) is 25.0. The van der Waals surface area contributed by atoms with Crippen molar-refractivity contribution in [2.24, 2.45) is 0 Å². The molecule has 3 aromatic carbocycles. The lowest BCUT2D eigenvalue weighted by Gasteiger charge is -2.15. The zero-order valence-corrected chi connectivity index (χ0v) is 19.1. The number of hydrogen-bond donors (Lipinski definition) is 2. The average molecular weight is 502 g/mol. The van der Waals surface area contributed by atoms with Crippen molar-refractivity contribution >= 4 is 23.2 Å². The van der Waals surface area contributed by atoms with Gasteiger partial charge in [0.25, 0.3) is 5.91 Å². The number of methoxy groups -OCH3 is 1. The van der Waals surface area contributed by atoms with Crippen LogP contribution in [0.2, 0.25) is 5.02 Å². The van der Waals surface area contributed by atoms with E-state index in [0.29, 0.717) is 22.1 Å². The summed E-state index contributed by atoms with van der Waals surface area (Å²) in [6.07, 6.45) is -2.88. The number of aromatic amines is 1. The molecule has 0 atom stereocenters. The molecule has 0 spiro atoms. The molecular formula is C25H19ClF3N3O3. The summed E-state index contributed by atoms with van der Waals surface area (Å²) in [6.45, 7) is -1.53. The van der Waals surface area contributed by atoms with Crippen LogP contribution in [0.5, 0.6) is 11.5 Å². The third-order valence-corrected chi connectivity index (χ3v) is 5.29. The fourth-order valence-electron chi connectivity index (χ4n) is 3.30. The van der Waals surface area contributed by atoms with Crippen molar-refractivity contribution in [1.29, 1.82) is 0 Å². The molecule has 0 bridgehead atoms. The summed E-state index contributed by atoms with van der Waals surface area (Å²) in [5.74, 6) is -0.136. The second kappa shape index (κ2) is 10.1. The van der Waals surface area contributed by atoms with Gasteiger partial charge in [-0.25, -0.2) is 4.98 Å². The van der Waals surface area contributed by atoms with Gasteiger partial charge in [-0.05, 0) is 42.0 Å². The van der Waals surface area contributed by atoms with Crippen LogP contribution in [-0.2, 0) is 0 Å². The van der Waals surface area contributed by atoms with Crippen molar-refractivity contribution in [2.75, 3.05) is 19.0 Å². The maximum Gasteiger partial charge on any atom is 0.422 e. The van der Waals surface area contributed by atoms with Crippen molar-refractivity contribution in [1.82, 2.24) is 9.97 Å². The number of hydrogen-bond acceptors (Lipinski definition) is 4. The Balaban J connectivity index is 1.60. The van der Waals surface area contributed by atoms with E-state index in [2.05, 4.69) is 15.3 Å². The Kier molecular flexibility index (Phi) is 6.97. The van der Waals surface area contributed by atoms with Crippen LogP contribution in [0.1, 0.15) is 10.4 Å². The smallest absolute Gasteiger partial charge is 0.422 e. The lowest BCUT2D eigenvalue weighted by Crippen LogP contribution is -2.21. The number of carbonyl (C=O) groups is 1. The third-order valence-electron chi connectivity index (χ3n) is 4.96. The number of aromatic nitrogens is 2. The summed E-state index contributed by atoms with van der Waals surface area (Å²) < 4.78 is 47.9. The van der Waals surface area contributed by atoms with Gasteiger partial charge in [0, 0.05) is 11.3 Å². The first-order valence-electron chi connectivity index (χ1n) is 10.3. The molecular weight excluding hydrogens is 483 g/mol. The normalized spacial score (nSPS) is 11.2. The van der Waals surface area contributed by atoms with Gasteiger partial charge in [-0.15, -0.1) is 0 Å². The number of benzene rings is 3. The molecule has 0 unspecified atom stereocenters. The molecule has 2 N–H and O–H groups in total. The van der Waals surface area contributed by atoms with Crippen LogP contribution in [0.25, 0.3) is 22.6 Å².